The third kappa shape index (κ3) is 9.44. The van der Waals surface area contributed by atoms with Crippen LogP contribution in [0, 0.1) is 23.5 Å². The van der Waals surface area contributed by atoms with Gasteiger partial charge in [-0.2, -0.15) is 0 Å². The summed E-state index contributed by atoms with van der Waals surface area (Å²) in [4.78, 5) is 76.9. The highest BCUT2D eigenvalue weighted by molar-refractivity contribution is 7.13. The number of aromatic nitrogens is 6. The Morgan fingerprint density at radius 3 is 1.90 bits per heavy atom. The lowest BCUT2D eigenvalue weighted by Crippen LogP contribution is -2.51. The number of benzene rings is 3. The molecule has 0 bridgehead atoms. The van der Waals surface area contributed by atoms with Crippen LogP contribution < -0.4 is 20.1 Å². The second kappa shape index (κ2) is 20.0. The van der Waals surface area contributed by atoms with Gasteiger partial charge in [0.25, 0.3) is 5.19 Å². The highest BCUT2D eigenvalue weighted by Gasteiger charge is 2.40. The number of halogens is 2. The van der Waals surface area contributed by atoms with Crippen LogP contribution in [0.15, 0.2) is 79.3 Å². The average molecular weight is 1020 g/mol. The molecule has 0 aliphatic carbocycles. The number of ether oxygens (including phenoxy) is 4. The summed E-state index contributed by atoms with van der Waals surface area (Å²) < 4.78 is 55.1. The maximum Gasteiger partial charge on any atom is 0.407 e. The smallest absolute Gasteiger partial charge is 0.407 e. The zero-order valence-electron chi connectivity index (χ0n) is 40.9. The highest BCUT2D eigenvalue weighted by Crippen LogP contribution is 2.49. The van der Waals surface area contributed by atoms with Crippen molar-refractivity contribution in [2.75, 3.05) is 27.3 Å². The zero-order chi connectivity index (χ0) is 51.2. The minimum atomic E-state index is -0.834. The summed E-state index contributed by atoms with van der Waals surface area (Å²) in [6.07, 6.45) is 5.60. The van der Waals surface area contributed by atoms with Gasteiger partial charge in [-0.15, -0.1) is 0 Å². The number of nitrogens with one attached hydrogen (secondary N) is 4. The Labute approximate surface area is 422 Å². The van der Waals surface area contributed by atoms with E-state index in [4.69, 9.17) is 23.9 Å². The van der Waals surface area contributed by atoms with Crippen LogP contribution in [0.4, 0.5) is 18.4 Å². The molecule has 4 N–H and O–H groups in total. The van der Waals surface area contributed by atoms with Crippen LogP contribution in [-0.4, -0.2) is 103 Å². The third-order valence-corrected chi connectivity index (χ3v) is 14.6. The molecule has 21 heteroatoms. The van der Waals surface area contributed by atoms with Crippen LogP contribution >= 0.6 is 11.3 Å². The van der Waals surface area contributed by atoms with Crippen molar-refractivity contribution in [2.45, 2.75) is 83.8 Å². The number of carbonyl (C=O) groups is 4. The van der Waals surface area contributed by atoms with Crippen molar-refractivity contribution in [1.29, 1.82) is 0 Å². The predicted octanol–water partition coefficient (Wildman–Crippen LogP) is 9.64. The number of hydrogen-bond acceptors (Lipinski definition) is 12. The summed E-state index contributed by atoms with van der Waals surface area (Å²) >= 11 is 1.23. The molecule has 4 amide bonds. The van der Waals surface area contributed by atoms with Crippen LogP contribution in [0.1, 0.15) is 88.2 Å². The van der Waals surface area contributed by atoms with Crippen molar-refractivity contribution < 1.29 is 46.9 Å². The number of fused-ring (bicyclic) bond motifs is 5. The molecule has 3 aliphatic rings. The first kappa shape index (κ1) is 48.8. The molecule has 0 saturated carbocycles. The van der Waals surface area contributed by atoms with Gasteiger partial charge in [-0.1, -0.05) is 45.1 Å². The molecular weight excluding hydrogens is 963 g/mol. The molecule has 5 atom stereocenters. The Hall–Kier alpha value is -7.81. The van der Waals surface area contributed by atoms with Gasteiger partial charge in [-0.3, -0.25) is 14.2 Å². The minimum Gasteiger partial charge on any atom is -0.464 e. The molecule has 2 fully saturated rings. The van der Waals surface area contributed by atoms with Crippen molar-refractivity contribution in [2.24, 2.45) is 11.8 Å². The Morgan fingerprint density at radius 2 is 1.33 bits per heavy atom. The molecule has 0 radical (unpaired) electrons. The van der Waals surface area contributed by atoms with E-state index in [1.807, 2.05) is 56.5 Å². The van der Waals surface area contributed by atoms with Crippen LogP contribution in [0.2, 0.25) is 0 Å². The standard InChI is InChI=1S/C52H54F2N10O8S/c1-26(2)43(60-50(67)69-5)47(65)62-17-7-9-37(62)45-55-23-34(58-45)28-11-16-36-30(19-28)21-39-42-33(54)20-29(22-40(42)72-49(64(36)39)41-25-57-52(73-41)71-32-14-12-31(53)13-15-32)35-24-56-46(59-35)38-10-8-18-63(38)48(66)44(27(3)4)61-51(68)70-6/h11-16,19-27,37-38,43-44,49H,7-10,17-18H2,1-6H3,(H,55,58)(H,56,59)(H,60,67)(H,61,68)/t37-,38-,43?,44?,49?/m0/s1. The van der Waals surface area contributed by atoms with Crippen molar-refractivity contribution >= 4 is 46.2 Å². The summed E-state index contributed by atoms with van der Waals surface area (Å²) in [5.74, 6) is 0.0227. The lowest BCUT2D eigenvalue weighted by Gasteiger charge is -2.30. The summed E-state index contributed by atoms with van der Waals surface area (Å²) in [6, 6.07) is 14.3. The van der Waals surface area contributed by atoms with Crippen LogP contribution in [0.25, 0.3) is 44.7 Å². The van der Waals surface area contributed by atoms with Gasteiger partial charge in [-0.05, 0) is 92.1 Å². The van der Waals surface area contributed by atoms with E-state index >= 15 is 4.39 Å². The van der Waals surface area contributed by atoms with Crippen LogP contribution in [-0.2, 0) is 19.1 Å². The van der Waals surface area contributed by atoms with Gasteiger partial charge in [0, 0.05) is 29.6 Å². The molecule has 3 unspecified atom stereocenters. The fraction of sp³-hybridized carbons (Fsp3) is 0.365. The minimum absolute atomic E-state index is 0.179. The van der Waals surface area contributed by atoms with Crippen LogP contribution in [0.3, 0.4) is 0 Å². The van der Waals surface area contributed by atoms with Crippen molar-refractivity contribution in [3.8, 4) is 50.5 Å². The van der Waals surface area contributed by atoms with Gasteiger partial charge in [0.2, 0.25) is 18.0 Å². The molecule has 0 spiro atoms. The number of rotatable bonds is 13. The lowest BCUT2D eigenvalue weighted by molar-refractivity contribution is -0.136. The highest BCUT2D eigenvalue weighted by atomic mass is 32.1. The number of likely N-dealkylation sites (tertiary alicyclic amines) is 2. The van der Waals surface area contributed by atoms with Gasteiger partial charge in [0.05, 0.1) is 77.9 Å². The van der Waals surface area contributed by atoms with E-state index in [2.05, 4.69) is 30.6 Å². The molecule has 7 aromatic rings. The first-order valence-corrected chi connectivity index (χ1v) is 25.0. The van der Waals surface area contributed by atoms with Crippen LogP contribution in [0.5, 0.6) is 16.7 Å². The van der Waals surface area contributed by atoms with E-state index in [1.54, 1.807) is 34.5 Å². The molecule has 7 heterocycles. The summed E-state index contributed by atoms with van der Waals surface area (Å²) in [5, 5.41) is 6.43. The Kier molecular flexibility index (Phi) is 13.4. The molecule has 73 heavy (non-hydrogen) atoms. The number of imidazole rings is 2. The molecule has 3 aliphatic heterocycles. The van der Waals surface area contributed by atoms with Crippen molar-refractivity contribution in [1.82, 2.24) is 49.9 Å². The van der Waals surface area contributed by atoms with E-state index in [9.17, 15) is 23.6 Å². The Bertz CT molecular complexity index is 3220. The number of H-pyrrole nitrogens is 2. The molecule has 3 aromatic carbocycles. The van der Waals surface area contributed by atoms with E-state index in [-0.39, 0.29) is 41.0 Å². The molecule has 380 valence electrons. The number of amides is 4. The maximum absolute atomic E-state index is 17.0. The molecular formula is C52H54F2N10O8S. The average Bonchev–Trinajstić information content (AvgIpc) is 4.25. The predicted molar refractivity (Wildman–Crippen MR) is 266 cm³/mol. The van der Waals surface area contributed by atoms with Crippen molar-refractivity contribution in [3.63, 3.8) is 0 Å². The number of hydrogen-bond donors (Lipinski definition) is 4. The quantitative estimate of drug-likeness (QED) is 0.0854. The first-order valence-electron chi connectivity index (χ1n) is 24.1. The Morgan fingerprint density at radius 1 is 0.740 bits per heavy atom. The SMILES string of the molecule is COC(=O)NC(C(=O)N1CCC[C@H]1c1ncc(-c2cc(F)c3c(c2)OC(c2cnc(Oc4ccc(F)cc4)s2)n2c-3cc3cc(-c4cnc([C@@H]5CCCN5C(=O)C(NC(=O)OC)C(C)C)[nH]4)ccc32)[nH]1)C(C)C. The first-order chi connectivity index (χ1) is 35.2. The fourth-order valence-corrected chi connectivity index (χ4v) is 10.8. The molecule has 18 nitrogen and oxygen atoms in total. The lowest BCUT2D eigenvalue weighted by atomic mass is 10.0. The normalized spacial score (nSPS) is 18.1. The molecule has 4 aromatic heterocycles. The number of methoxy groups -OCH3 is 2. The largest absolute Gasteiger partial charge is 0.464 e. The summed E-state index contributed by atoms with van der Waals surface area (Å²) in [6.45, 7) is 8.43. The summed E-state index contributed by atoms with van der Waals surface area (Å²) in [7, 11) is 2.52. The molecule has 10 rings (SSSR count). The van der Waals surface area contributed by atoms with Crippen molar-refractivity contribution in [3.05, 3.63) is 107 Å². The number of thiazole rings is 1. The van der Waals surface area contributed by atoms with E-state index < -0.39 is 48.2 Å². The van der Waals surface area contributed by atoms with Gasteiger partial charge in [0.15, 0.2) is 0 Å². The van der Waals surface area contributed by atoms with Gasteiger partial charge >= 0.3 is 12.2 Å². The number of alkyl carbamates (subject to hydrolysis) is 2. The van der Waals surface area contributed by atoms with Gasteiger partial charge < -0.3 is 49.3 Å². The topological polar surface area (TPSA) is 211 Å². The van der Waals surface area contributed by atoms with Gasteiger partial charge in [-0.25, -0.2) is 33.3 Å². The number of carbonyl (C=O) groups excluding carboxylic acids is 4. The van der Waals surface area contributed by atoms with E-state index in [0.717, 1.165) is 29.3 Å². The third-order valence-electron chi connectivity index (χ3n) is 13.7. The van der Waals surface area contributed by atoms with Gasteiger partial charge in [0.1, 0.15) is 46.9 Å². The Balaban J connectivity index is 0.981. The maximum atomic E-state index is 17.0. The fourth-order valence-electron chi connectivity index (χ4n) is 10.0. The summed E-state index contributed by atoms with van der Waals surface area (Å²) in [5.41, 5.74) is 4.02. The number of nitrogens with zero attached hydrogens (tertiary/aromatic N) is 6. The van der Waals surface area contributed by atoms with E-state index in [1.165, 1.54) is 55.9 Å². The van der Waals surface area contributed by atoms with E-state index in [0.29, 0.717) is 76.0 Å². The second-order valence-corrected chi connectivity index (χ2v) is 20.0. The number of aromatic amines is 2. The molecule has 2 saturated heterocycles. The zero-order valence-corrected chi connectivity index (χ0v) is 41.7. The second-order valence-electron chi connectivity index (χ2n) is 19.0. The monoisotopic (exact) mass is 1020 g/mol.